The van der Waals surface area contributed by atoms with Crippen molar-refractivity contribution in [3.05, 3.63) is 64.7 Å². The smallest absolute Gasteiger partial charge is 0.325 e. The van der Waals surface area contributed by atoms with Gasteiger partial charge in [0.05, 0.1) is 0 Å². The highest BCUT2D eigenvalue weighted by molar-refractivity contribution is 7.15. The number of hydrogen-bond acceptors (Lipinski definition) is 5. The maximum absolute atomic E-state index is 12.0. The molecule has 0 aliphatic rings. The van der Waals surface area contributed by atoms with E-state index < -0.39 is 0 Å². The van der Waals surface area contributed by atoms with E-state index in [1.54, 1.807) is 0 Å². The molecule has 2 aromatic carbocycles. The topological polar surface area (TPSA) is 76.1 Å². The Balaban J connectivity index is 1.52. The van der Waals surface area contributed by atoms with Gasteiger partial charge in [-0.3, -0.25) is 5.32 Å². The van der Waals surface area contributed by atoms with E-state index in [0.29, 0.717) is 16.7 Å². The molecule has 128 valence electrons. The SMILES string of the molecule is Cc1ccc(NC(=O)Nc2nnc(COc3cccc(C)c3)s2)cc1. The zero-order valence-corrected chi connectivity index (χ0v) is 14.8. The number of nitrogens with zero attached hydrogens (tertiary/aromatic N) is 2. The molecule has 0 spiro atoms. The number of amides is 2. The van der Waals surface area contributed by atoms with E-state index >= 15 is 0 Å². The second kappa shape index (κ2) is 7.76. The highest BCUT2D eigenvalue weighted by Gasteiger charge is 2.09. The van der Waals surface area contributed by atoms with Crippen molar-refractivity contribution in [1.29, 1.82) is 0 Å². The number of hydrogen-bond donors (Lipinski definition) is 2. The quantitative estimate of drug-likeness (QED) is 0.713. The minimum Gasteiger partial charge on any atom is -0.486 e. The van der Waals surface area contributed by atoms with Gasteiger partial charge in [-0.1, -0.05) is 41.2 Å². The lowest BCUT2D eigenvalue weighted by Gasteiger charge is -2.05. The van der Waals surface area contributed by atoms with Gasteiger partial charge in [0.2, 0.25) is 5.13 Å². The molecule has 0 atom stereocenters. The fourth-order valence-electron chi connectivity index (χ4n) is 2.11. The van der Waals surface area contributed by atoms with Crippen molar-refractivity contribution in [2.45, 2.75) is 20.5 Å². The summed E-state index contributed by atoms with van der Waals surface area (Å²) in [6.45, 7) is 4.31. The Bertz CT molecular complexity index is 862. The molecule has 1 heterocycles. The number of urea groups is 1. The number of carbonyl (C=O) groups excluding carboxylic acids is 1. The fourth-order valence-corrected chi connectivity index (χ4v) is 2.76. The molecule has 2 N–H and O–H groups in total. The van der Waals surface area contributed by atoms with E-state index in [-0.39, 0.29) is 6.03 Å². The van der Waals surface area contributed by atoms with Crippen LogP contribution >= 0.6 is 11.3 Å². The van der Waals surface area contributed by atoms with Gasteiger partial charge in [0, 0.05) is 5.69 Å². The third-order valence-corrected chi connectivity index (χ3v) is 4.16. The molecule has 3 rings (SSSR count). The van der Waals surface area contributed by atoms with Gasteiger partial charge >= 0.3 is 6.03 Å². The van der Waals surface area contributed by atoms with Crippen LogP contribution in [0.15, 0.2) is 48.5 Å². The van der Waals surface area contributed by atoms with Crippen LogP contribution in [0.1, 0.15) is 16.1 Å². The first-order valence-corrected chi connectivity index (χ1v) is 8.57. The second-order valence-electron chi connectivity index (χ2n) is 5.55. The molecule has 0 fully saturated rings. The molecular formula is C18H18N4O2S. The number of aryl methyl sites for hydroxylation is 2. The third kappa shape index (κ3) is 5.02. The average Bonchev–Trinajstić information content (AvgIpc) is 3.02. The Hall–Kier alpha value is -2.93. The van der Waals surface area contributed by atoms with E-state index in [1.807, 2.05) is 62.4 Å². The Morgan fingerprint density at radius 3 is 2.60 bits per heavy atom. The molecule has 0 aliphatic heterocycles. The standard InChI is InChI=1S/C18H18N4O2S/c1-12-6-8-14(9-7-12)19-17(23)20-18-22-21-16(25-18)11-24-15-5-3-4-13(2)10-15/h3-10H,11H2,1-2H3,(H2,19,20,22,23). The minimum atomic E-state index is -0.355. The van der Waals surface area contributed by atoms with Gasteiger partial charge in [-0.2, -0.15) is 0 Å². The normalized spacial score (nSPS) is 10.3. The van der Waals surface area contributed by atoms with Crippen molar-refractivity contribution in [2.75, 3.05) is 10.6 Å². The van der Waals surface area contributed by atoms with Crippen LogP contribution in [0.4, 0.5) is 15.6 Å². The van der Waals surface area contributed by atoms with Crippen molar-refractivity contribution in [3.63, 3.8) is 0 Å². The van der Waals surface area contributed by atoms with E-state index in [2.05, 4.69) is 20.8 Å². The van der Waals surface area contributed by atoms with E-state index in [1.165, 1.54) is 11.3 Å². The Morgan fingerprint density at radius 1 is 1.04 bits per heavy atom. The zero-order chi connectivity index (χ0) is 17.6. The van der Waals surface area contributed by atoms with Crippen molar-refractivity contribution in [2.24, 2.45) is 0 Å². The maximum atomic E-state index is 12.0. The number of aromatic nitrogens is 2. The van der Waals surface area contributed by atoms with Crippen molar-refractivity contribution >= 4 is 28.2 Å². The lowest BCUT2D eigenvalue weighted by molar-refractivity contribution is 0.262. The minimum absolute atomic E-state index is 0.308. The van der Waals surface area contributed by atoms with Crippen molar-refractivity contribution in [1.82, 2.24) is 10.2 Å². The molecular weight excluding hydrogens is 336 g/mol. The van der Waals surface area contributed by atoms with Crippen LogP contribution in [0, 0.1) is 13.8 Å². The number of carbonyl (C=O) groups is 1. The monoisotopic (exact) mass is 354 g/mol. The van der Waals surface area contributed by atoms with Crippen LogP contribution < -0.4 is 15.4 Å². The summed E-state index contributed by atoms with van der Waals surface area (Å²) >= 11 is 1.28. The average molecular weight is 354 g/mol. The molecule has 7 heteroatoms. The molecule has 2 amide bonds. The highest BCUT2D eigenvalue weighted by atomic mass is 32.1. The van der Waals surface area contributed by atoms with Gasteiger partial charge < -0.3 is 10.1 Å². The van der Waals surface area contributed by atoms with E-state index in [0.717, 1.165) is 22.6 Å². The van der Waals surface area contributed by atoms with E-state index in [9.17, 15) is 4.79 Å². The largest absolute Gasteiger partial charge is 0.486 e. The number of nitrogens with one attached hydrogen (secondary N) is 2. The predicted octanol–water partition coefficient (Wildman–Crippen LogP) is 4.38. The van der Waals surface area contributed by atoms with Crippen LogP contribution in [0.3, 0.4) is 0 Å². The van der Waals surface area contributed by atoms with Crippen molar-refractivity contribution < 1.29 is 9.53 Å². The van der Waals surface area contributed by atoms with Gasteiger partial charge in [0.15, 0.2) is 5.01 Å². The summed E-state index contributed by atoms with van der Waals surface area (Å²) in [7, 11) is 0. The molecule has 0 unspecified atom stereocenters. The summed E-state index contributed by atoms with van der Waals surface area (Å²) in [6, 6.07) is 15.0. The summed E-state index contributed by atoms with van der Waals surface area (Å²) < 4.78 is 5.68. The maximum Gasteiger partial charge on any atom is 0.325 e. The summed E-state index contributed by atoms with van der Waals surface area (Å²) in [5.74, 6) is 0.779. The summed E-state index contributed by atoms with van der Waals surface area (Å²) in [5.41, 5.74) is 2.98. The second-order valence-corrected chi connectivity index (χ2v) is 6.61. The molecule has 3 aromatic rings. The molecule has 0 aliphatic carbocycles. The zero-order valence-electron chi connectivity index (χ0n) is 13.9. The van der Waals surface area contributed by atoms with E-state index in [4.69, 9.17) is 4.74 Å². The fraction of sp³-hybridized carbons (Fsp3) is 0.167. The lowest BCUT2D eigenvalue weighted by atomic mass is 10.2. The first-order chi connectivity index (χ1) is 12.1. The summed E-state index contributed by atoms with van der Waals surface area (Å²) in [6.07, 6.45) is 0. The summed E-state index contributed by atoms with van der Waals surface area (Å²) in [5, 5.41) is 14.5. The lowest BCUT2D eigenvalue weighted by Crippen LogP contribution is -2.19. The first-order valence-electron chi connectivity index (χ1n) is 7.75. The molecule has 0 radical (unpaired) electrons. The predicted molar refractivity (Wildman–Crippen MR) is 99.2 cm³/mol. The molecule has 0 saturated heterocycles. The van der Waals surface area contributed by atoms with Gasteiger partial charge in [0.1, 0.15) is 12.4 Å². The van der Waals surface area contributed by atoms with Gasteiger partial charge in [-0.25, -0.2) is 4.79 Å². The van der Waals surface area contributed by atoms with Gasteiger partial charge in [0.25, 0.3) is 0 Å². The van der Waals surface area contributed by atoms with Crippen LogP contribution in [-0.2, 0) is 6.61 Å². The molecule has 6 nitrogen and oxygen atoms in total. The van der Waals surface area contributed by atoms with Gasteiger partial charge in [-0.15, -0.1) is 10.2 Å². The Labute approximate surface area is 149 Å². The van der Waals surface area contributed by atoms with Gasteiger partial charge in [-0.05, 0) is 43.7 Å². The van der Waals surface area contributed by atoms with Crippen LogP contribution in [0.25, 0.3) is 0 Å². The third-order valence-electron chi connectivity index (χ3n) is 3.35. The number of benzene rings is 2. The molecule has 0 saturated carbocycles. The Kier molecular flexibility index (Phi) is 5.25. The van der Waals surface area contributed by atoms with Crippen LogP contribution in [-0.4, -0.2) is 16.2 Å². The van der Waals surface area contributed by atoms with Crippen molar-refractivity contribution in [3.8, 4) is 5.75 Å². The van der Waals surface area contributed by atoms with Crippen LogP contribution in [0.2, 0.25) is 0 Å². The van der Waals surface area contributed by atoms with Crippen LogP contribution in [0.5, 0.6) is 5.75 Å². The molecule has 0 bridgehead atoms. The number of ether oxygens (including phenoxy) is 1. The summed E-state index contributed by atoms with van der Waals surface area (Å²) in [4.78, 5) is 12.0. The molecule has 1 aromatic heterocycles. The highest BCUT2D eigenvalue weighted by Crippen LogP contribution is 2.19. The number of rotatable bonds is 5. The number of anilines is 2. The first kappa shape index (κ1) is 16.9. The Morgan fingerprint density at radius 2 is 1.84 bits per heavy atom. The molecule has 25 heavy (non-hydrogen) atoms.